The molecule has 3 rings (SSSR count). The Kier molecular flexibility index (Phi) is 3.19. The van der Waals surface area contributed by atoms with Gasteiger partial charge in [0.15, 0.2) is 0 Å². The smallest absolute Gasteiger partial charge is 0.117 e. The average Bonchev–Trinajstić information content (AvgIpc) is 2.49. The summed E-state index contributed by atoms with van der Waals surface area (Å²) in [6.07, 6.45) is 5.53. The number of anilines is 1. The summed E-state index contributed by atoms with van der Waals surface area (Å²) in [5, 5.41) is 0. The van der Waals surface area contributed by atoms with Gasteiger partial charge in [0.05, 0.1) is 30.7 Å². The van der Waals surface area contributed by atoms with Crippen LogP contribution < -0.4 is 4.90 Å². The second-order valence-corrected chi connectivity index (χ2v) is 4.27. The first kappa shape index (κ1) is 11.2. The largest absolute Gasteiger partial charge is 0.368 e. The topological polar surface area (TPSA) is 38.2 Å². The zero-order chi connectivity index (χ0) is 12.2. The standard InChI is InChI=1S/C14H15N3O/c1-2-7-16-13(5-1)14-11-17(8-9-18-14)12-4-3-6-15-10-12/h1-7,10,14H,8-9,11H2/t14-/m1/s1. The third-order valence-corrected chi connectivity index (χ3v) is 3.10. The van der Waals surface area contributed by atoms with Crippen molar-refractivity contribution in [2.45, 2.75) is 6.10 Å². The van der Waals surface area contributed by atoms with Gasteiger partial charge in [-0.25, -0.2) is 0 Å². The lowest BCUT2D eigenvalue weighted by atomic mass is 10.2. The Hall–Kier alpha value is -1.94. The lowest BCUT2D eigenvalue weighted by molar-refractivity contribution is 0.0370. The van der Waals surface area contributed by atoms with Crippen LogP contribution in [0.2, 0.25) is 0 Å². The summed E-state index contributed by atoms with van der Waals surface area (Å²) in [6.45, 7) is 2.44. The van der Waals surface area contributed by atoms with Crippen molar-refractivity contribution in [3.05, 3.63) is 54.6 Å². The summed E-state index contributed by atoms with van der Waals surface area (Å²) in [7, 11) is 0. The molecule has 1 atom stereocenters. The van der Waals surface area contributed by atoms with Crippen molar-refractivity contribution in [3.63, 3.8) is 0 Å². The Morgan fingerprint density at radius 2 is 2.17 bits per heavy atom. The molecule has 18 heavy (non-hydrogen) atoms. The van der Waals surface area contributed by atoms with Crippen molar-refractivity contribution in [1.29, 1.82) is 0 Å². The predicted octanol–water partition coefficient (Wildman–Crippen LogP) is 2.05. The van der Waals surface area contributed by atoms with Crippen molar-refractivity contribution in [2.75, 3.05) is 24.6 Å². The van der Waals surface area contributed by atoms with Gasteiger partial charge in [-0.15, -0.1) is 0 Å². The highest BCUT2D eigenvalue weighted by atomic mass is 16.5. The number of aromatic nitrogens is 2. The zero-order valence-corrected chi connectivity index (χ0v) is 10.1. The molecule has 0 bridgehead atoms. The van der Waals surface area contributed by atoms with E-state index in [1.165, 1.54) is 0 Å². The van der Waals surface area contributed by atoms with Crippen molar-refractivity contribution < 1.29 is 4.74 Å². The molecule has 92 valence electrons. The molecule has 1 aliphatic heterocycles. The number of hydrogen-bond acceptors (Lipinski definition) is 4. The maximum Gasteiger partial charge on any atom is 0.117 e. The van der Waals surface area contributed by atoms with Gasteiger partial charge in [0.1, 0.15) is 6.10 Å². The van der Waals surface area contributed by atoms with Crippen molar-refractivity contribution >= 4 is 5.69 Å². The molecular weight excluding hydrogens is 226 g/mol. The third kappa shape index (κ3) is 2.33. The van der Waals surface area contributed by atoms with Gasteiger partial charge in [0, 0.05) is 18.9 Å². The van der Waals surface area contributed by atoms with Crippen LogP contribution in [0.3, 0.4) is 0 Å². The van der Waals surface area contributed by atoms with Crippen LogP contribution in [0.4, 0.5) is 5.69 Å². The van der Waals surface area contributed by atoms with Gasteiger partial charge in [-0.3, -0.25) is 9.97 Å². The molecule has 0 amide bonds. The average molecular weight is 241 g/mol. The molecule has 1 fully saturated rings. The van der Waals surface area contributed by atoms with E-state index in [1.54, 1.807) is 6.20 Å². The summed E-state index contributed by atoms with van der Waals surface area (Å²) in [6, 6.07) is 9.96. The molecule has 4 nitrogen and oxygen atoms in total. The maximum absolute atomic E-state index is 5.79. The zero-order valence-electron chi connectivity index (χ0n) is 10.1. The number of rotatable bonds is 2. The lowest BCUT2D eigenvalue weighted by Gasteiger charge is -2.34. The van der Waals surface area contributed by atoms with E-state index >= 15 is 0 Å². The predicted molar refractivity (Wildman–Crippen MR) is 69.4 cm³/mol. The van der Waals surface area contributed by atoms with Crippen molar-refractivity contribution in [3.8, 4) is 0 Å². The number of nitrogens with zero attached hydrogens (tertiary/aromatic N) is 3. The quantitative estimate of drug-likeness (QED) is 0.806. The lowest BCUT2D eigenvalue weighted by Crippen LogP contribution is -2.38. The molecule has 0 N–H and O–H groups in total. The minimum Gasteiger partial charge on any atom is -0.368 e. The summed E-state index contributed by atoms with van der Waals surface area (Å²) in [5.41, 5.74) is 2.13. The van der Waals surface area contributed by atoms with Crippen LogP contribution in [-0.2, 0) is 4.74 Å². The SMILES string of the molecule is c1ccc([C@H]2CN(c3cccnc3)CCO2)nc1. The number of hydrogen-bond donors (Lipinski definition) is 0. The van der Waals surface area contributed by atoms with Gasteiger partial charge in [-0.1, -0.05) is 6.07 Å². The molecule has 0 saturated carbocycles. The Bertz CT molecular complexity index is 443. The fourth-order valence-electron chi connectivity index (χ4n) is 2.17. The molecule has 3 heterocycles. The van der Waals surface area contributed by atoms with E-state index in [0.29, 0.717) is 0 Å². The molecule has 1 saturated heterocycles. The molecule has 4 heteroatoms. The summed E-state index contributed by atoms with van der Waals surface area (Å²) in [4.78, 5) is 10.8. The van der Waals surface area contributed by atoms with Crippen LogP contribution in [0.5, 0.6) is 0 Å². The van der Waals surface area contributed by atoms with Gasteiger partial charge in [-0.05, 0) is 24.3 Å². The summed E-state index contributed by atoms with van der Waals surface area (Å²) < 4.78 is 5.79. The van der Waals surface area contributed by atoms with Crippen LogP contribution in [0.25, 0.3) is 0 Å². The molecule has 2 aromatic rings. The highest BCUT2D eigenvalue weighted by Crippen LogP contribution is 2.23. The Morgan fingerprint density at radius 1 is 1.17 bits per heavy atom. The van der Waals surface area contributed by atoms with Crippen LogP contribution >= 0.6 is 0 Å². The van der Waals surface area contributed by atoms with Crippen LogP contribution in [-0.4, -0.2) is 29.7 Å². The second-order valence-electron chi connectivity index (χ2n) is 4.27. The fourth-order valence-corrected chi connectivity index (χ4v) is 2.17. The normalized spacial score (nSPS) is 19.8. The van der Waals surface area contributed by atoms with E-state index in [0.717, 1.165) is 31.1 Å². The Labute approximate surface area is 106 Å². The van der Waals surface area contributed by atoms with E-state index in [1.807, 2.05) is 36.7 Å². The van der Waals surface area contributed by atoms with E-state index in [2.05, 4.69) is 20.9 Å². The van der Waals surface area contributed by atoms with Crippen LogP contribution in [0, 0.1) is 0 Å². The fraction of sp³-hybridized carbons (Fsp3) is 0.286. The monoisotopic (exact) mass is 241 g/mol. The molecule has 1 aliphatic rings. The minimum atomic E-state index is 0.0418. The van der Waals surface area contributed by atoms with Crippen LogP contribution in [0.15, 0.2) is 48.9 Å². The van der Waals surface area contributed by atoms with Gasteiger partial charge >= 0.3 is 0 Å². The van der Waals surface area contributed by atoms with E-state index < -0.39 is 0 Å². The molecule has 0 unspecified atom stereocenters. The molecule has 0 spiro atoms. The summed E-state index contributed by atoms with van der Waals surface area (Å²) >= 11 is 0. The van der Waals surface area contributed by atoms with E-state index in [4.69, 9.17) is 4.74 Å². The Balaban J connectivity index is 1.77. The summed E-state index contributed by atoms with van der Waals surface area (Å²) in [5.74, 6) is 0. The molecule has 0 radical (unpaired) electrons. The molecule has 0 aliphatic carbocycles. The first-order chi connectivity index (χ1) is 8.93. The molecule has 0 aromatic carbocycles. The second kappa shape index (κ2) is 5.14. The van der Waals surface area contributed by atoms with Crippen LogP contribution in [0.1, 0.15) is 11.8 Å². The molecule has 2 aromatic heterocycles. The van der Waals surface area contributed by atoms with Crippen molar-refractivity contribution in [1.82, 2.24) is 9.97 Å². The van der Waals surface area contributed by atoms with E-state index in [9.17, 15) is 0 Å². The maximum atomic E-state index is 5.79. The van der Waals surface area contributed by atoms with Gasteiger partial charge in [-0.2, -0.15) is 0 Å². The minimum absolute atomic E-state index is 0.0418. The van der Waals surface area contributed by atoms with Gasteiger partial charge in [0.25, 0.3) is 0 Å². The third-order valence-electron chi connectivity index (χ3n) is 3.10. The molecular formula is C14H15N3O. The van der Waals surface area contributed by atoms with Crippen molar-refractivity contribution in [2.24, 2.45) is 0 Å². The first-order valence-electron chi connectivity index (χ1n) is 6.11. The number of pyridine rings is 2. The number of ether oxygens (including phenoxy) is 1. The van der Waals surface area contributed by atoms with Gasteiger partial charge in [0.2, 0.25) is 0 Å². The van der Waals surface area contributed by atoms with Gasteiger partial charge < -0.3 is 9.64 Å². The Morgan fingerprint density at radius 3 is 2.94 bits per heavy atom. The highest BCUT2D eigenvalue weighted by molar-refractivity contribution is 5.44. The number of morpholine rings is 1. The highest BCUT2D eigenvalue weighted by Gasteiger charge is 2.22. The van der Waals surface area contributed by atoms with E-state index in [-0.39, 0.29) is 6.10 Å². The first-order valence-corrected chi connectivity index (χ1v) is 6.11.